The van der Waals surface area contributed by atoms with E-state index in [4.69, 9.17) is 0 Å². The highest BCUT2D eigenvalue weighted by Crippen LogP contribution is 2.19. The molecule has 0 bridgehead atoms. The van der Waals surface area contributed by atoms with Crippen LogP contribution in [0, 0.1) is 0 Å². The van der Waals surface area contributed by atoms with Crippen LogP contribution in [0.5, 0.6) is 0 Å². The van der Waals surface area contributed by atoms with E-state index in [0.29, 0.717) is 5.04 Å². The van der Waals surface area contributed by atoms with Crippen molar-refractivity contribution in [3.05, 3.63) is 0 Å². The molecule has 0 rings (SSSR count). The van der Waals surface area contributed by atoms with E-state index in [0.717, 1.165) is 5.33 Å². The minimum atomic E-state index is 0.597. The summed E-state index contributed by atoms with van der Waals surface area (Å²) in [5, 5.41) is 1.74. The third kappa shape index (κ3) is 4.70. The summed E-state index contributed by atoms with van der Waals surface area (Å²) in [7, 11) is 1.28. The molecule has 0 saturated heterocycles. The Morgan fingerprint density at radius 1 is 1.67 bits per heavy atom. The Kier molecular flexibility index (Phi) is 2.37. The lowest BCUT2D eigenvalue weighted by molar-refractivity contribution is 0.787. The molecule has 0 heterocycles. The van der Waals surface area contributed by atoms with E-state index in [-0.39, 0.29) is 0 Å². The molecule has 6 heavy (non-hydrogen) atoms. The van der Waals surface area contributed by atoms with Crippen molar-refractivity contribution in [2.45, 2.75) is 18.9 Å². The van der Waals surface area contributed by atoms with Gasteiger partial charge in [-0.2, -0.15) is 0 Å². The van der Waals surface area contributed by atoms with Crippen molar-refractivity contribution in [2.75, 3.05) is 5.33 Å². The second-order valence-corrected chi connectivity index (χ2v) is 5.96. The van der Waals surface area contributed by atoms with Crippen LogP contribution in [0.4, 0.5) is 0 Å². The zero-order chi connectivity index (χ0) is 5.21. The highest BCUT2D eigenvalue weighted by Gasteiger charge is 2.04. The summed E-state index contributed by atoms with van der Waals surface area (Å²) in [4.78, 5) is 0. The van der Waals surface area contributed by atoms with Crippen molar-refractivity contribution in [2.24, 2.45) is 0 Å². The largest absolute Gasteiger partial charge is 0.0926 e. The van der Waals surface area contributed by atoms with E-state index in [9.17, 15) is 0 Å². The highest BCUT2D eigenvalue weighted by molar-refractivity contribution is 9.09. The molecule has 0 aromatic heterocycles. The van der Waals surface area contributed by atoms with Crippen LogP contribution in [0.25, 0.3) is 0 Å². The predicted octanol–water partition coefficient (Wildman–Crippen LogP) is 0.945. The van der Waals surface area contributed by atoms with Crippen LogP contribution in [0.15, 0.2) is 0 Å². The van der Waals surface area contributed by atoms with E-state index in [1.165, 1.54) is 10.2 Å². The molecule has 0 amide bonds. The van der Waals surface area contributed by atoms with Crippen LogP contribution in [0.3, 0.4) is 0 Å². The van der Waals surface area contributed by atoms with Gasteiger partial charge in [0.1, 0.15) is 0 Å². The fourth-order valence-electron chi connectivity index (χ4n) is 0. The normalized spacial score (nSPS) is 12.5. The predicted molar refractivity (Wildman–Crippen MR) is 37.8 cm³/mol. The van der Waals surface area contributed by atoms with Crippen LogP contribution in [0.1, 0.15) is 13.8 Å². The molecule has 0 fully saturated rings. The molecule has 2 heteroatoms. The van der Waals surface area contributed by atoms with Crippen LogP contribution in [0.2, 0.25) is 5.04 Å². The molecule has 0 aliphatic heterocycles. The number of hydrogen-bond acceptors (Lipinski definition) is 0. The van der Waals surface area contributed by atoms with Gasteiger partial charge in [-0.25, -0.2) is 0 Å². The Hall–Kier alpha value is 0.697. The number of alkyl halides is 1. The first kappa shape index (κ1) is 6.70. The summed E-state index contributed by atoms with van der Waals surface area (Å²) >= 11 is 3.40. The average molecular weight is 167 g/mol. The fraction of sp³-hybridized carbons (Fsp3) is 1.00. The van der Waals surface area contributed by atoms with E-state index < -0.39 is 0 Å². The topological polar surface area (TPSA) is 0 Å². The third-order valence-electron chi connectivity index (χ3n) is 0.401. The summed E-state index contributed by atoms with van der Waals surface area (Å²) < 4.78 is 0. The van der Waals surface area contributed by atoms with Gasteiger partial charge in [0, 0.05) is 15.6 Å². The molecule has 38 valence electrons. The first-order valence-electron chi connectivity index (χ1n) is 2.12. The van der Waals surface area contributed by atoms with Crippen LogP contribution < -0.4 is 0 Å². The average Bonchev–Trinajstić information content (AvgIpc) is 1.35. The lowest BCUT2D eigenvalue weighted by Crippen LogP contribution is -2.01. The zero-order valence-electron chi connectivity index (χ0n) is 4.59. The molecule has 0 radical (unpaired) electrons. The van der Waals surface area contributed by atoms with Crippen molar-refractivity contribution in [3.8, 4) is 0 Å². The van der Waals surface area contributed by atoms with Gasteiger partial charge in [-0.15, -0.1) is 0 Å². The maximum atomic E-state index is 3.40. The van der Waals surface area contributed by atoms with Gasteiger partial charge in [-0.3, -0.25) is 0 Å². The van der Waals surface area contributed by atoms with Gasteiger partial charge in [-0.05, 0) is 5.04 Å². The monoisotopic (exact) mass is 166 g/mol. The zero-order valence-corrected chi connectivity index (χ0v) is 8.17. The van der Waals surface area contributed by atoms with Gasteiger partial charge in [0.15, 0.2) is 0 Å². The maximum absolute atomic E-state index is 3.40. The minimum Gasteiger partial charge on any atom is -0.0926 e. The third-order valence-corrected chi connectivity index (χ3v) is 3.47. The van der Waals surface area contributed by atoms with Crippen LogP contribution in [-0.4, -0.2) is 15.6 Å². The van der Waals surface area contributed by atoms with Gasteiger partial charge >= 0.3 is 0 Å². The summed E-state index contributed by atoms with van der Waals surface area (Å²) in [6.07, 6.45) is 0. The standard InChI is InChI=1S/C4H11BrSi/c1-4(2,6)3-5/h3H2,1-2,6H3. The van der Waals surface area contributed by atoms with Gasteiger partial charge in [-0.1, -0.05) is 29.8 Å². The van der Waals surface area contributed by atoms with Crippen molar-refractivity contribution in [1.82, 2.24) is 0 Å². The van der Waals surface area contributed by atoms with E-state index in [1.807, 2.05) is 0 Å². The van der Waals surface area contributed by atoms with Crippen LogP contribution in [-0.2, 0) is 0 Å². The molecule has 0 nitrogen and oxygen atoms in total. The van der Waals surface area contributed by atoms with Crippen molar-refractivity contribution < 1.29 is 0 Å². The van der Waals surface area contributed by atoms with Crippen molar-refractivity contribution in [3.63, 3.8) is 0 Å². The van der Waals surface area contributed by atoms with Crippen LogP contribution >= 0.6 is 15.9 Å². The maximum Gasteiger partial charge on any atom is 0.0110 e. The number of rotatable bonds is 1. The summed E-state index contributed by atoms with van der Waals surface area (Å²) in [6, 6.07) is 0. The summed E-state index contributed by atoms with van der Waals surface area (Å²) in [5.41, 5.74) is 0. The van der Waals surface area contributed by atoms with Gasteiger partial charge in [0.2, 0.25) is 0 Å². The molecular weight excluding hydrogens is 156 g/mol. The first-order valence-corrected chi connectivity index (χ1v) is 4.24. The smallest absolute Gasteiger partial charge is 0.0110 e. The number of hydrogen-bond donors (Lipinski definition) is 0. The van der Waals surface area contributed by atoms with Gasteiger partial charge in [0.05, 0.1) is 0 Å². The summed E-state index contributed by atoms with van der Waals surface area (Å²) in [6.45, 7) is 4.52. The highest BCUT2D eigenvalue weighted by atomic mass is 79.9. The second kappa shape index (κ2) is 2.12. The Labute approximate surface area is 50.9 Å². The molecule has 0 aromatic carbocycles. The Morgan fingerprint density at radius 2 is 1.83 bits per heavy atom. The molecule has 0 N–H and O–H groups in total. The summed E-state index contributed by atoms with van der Waals surface area (Å²) in [5.74, 6) is 0. The van der Waals surface area contributed by atoms with Crippen molar-refractivity contribution in [1.29, 1.82) is 0 Å². The molecule has 0 aromatic rings. The Morgan fingerprint density at radius 3 is 1.83 bits per heavy atom. The molecule has 0 saturated carbocycles. The fourth-order valence-corrected chi connectivity index (χ4v) is 0. The van der Waals surface area contributed by atoms with Crippen molar-refractivity contribution >= 4 is 26.2 Å². The molecule has 0 spiro atoms. The van der Waals surface area contributed by atoms with E-state index in [2.05, 4.69) is 29.8 Å². The molecule has 0 unspecified atom stereocenters. The van der Waals surface area contributed by atoms with E-state index >= 15 is 0 Å². The van der Waals surface area contributed by atoms with E-state index in [1.54, 1.807) is 0 Å². The lowest BCUT2D eigenvalue weighted by Gasteiger charge is -2.11. The molecular formula is C4H11BrSi. The first-order chi connectivity index (χ1) is 2.56. The molecule has 0 atom stereocenters. The lowest BCUT2D eigenvalue weighted by atomic mass is 10.2. The van der Waals surface area contributed by atoms with Gasteiger partial charge < -0.3 is 0 Å². The minimum absolute atomic E-state index is 0.597. The molecule has 0 aliphatic rings. The molecule has 0 aliphatic carbocycles. The Bertz CT molecular complexity index is 37.3. The second-order valence-electron chi connectivity index (χ2n) is 2.69. The quantitative estimate of drug-likeness (QED) is 0.403. The van der Waals surface area contributed by atoms with Gasteiger partial charge in [0.25, 0.3) is 0 Å². The SMILES string of the molecule is CC(C)([SiH3])CBr. The number of halogens is 1. The Balaban J connectivity index is 3.17.